The van der Waals surface area contributed by atoms with E-state index in [0.717, 1.165) is 24.9 Å². The van der Waals surface area contributed by atoms with Gasteiger partial charge >= 0.3 is 5.97 Å². The van der Waals surface area contributed by atoms with Crippen LogP contribution in [0.15, 0.2) is 30.5 Å². The fourth-order valence-corrected chi connectivity index (χ4v) is 2.32. The van der Waals surface area contributed by atoms with Gasteiger partial charge in [-0.2, -0.15) is 5.10 Å². The summed E-state index contributed by atoms with van der Waals surface area (Å²) in [4.78, 5) is 10.9. The van der Waals surface area contributed by atoms with Gasteiger partial charge in [-0.15, -0.1) is 0 Å². The Kier molecular flexibility index (Phi) is 2.21. The maximum atomic E-state index is 10.9. The molecule has 0 amide bonds. The Labute approximate surface area is 98.5 Å². The Morgan fingerprint density at radius 2 is 2.24 bits per heavy atom. The van der Waals surface area contributed by atoms with Gasteiger partial charge in [0.25, 0.3) is 0 Å². The molecule has 0 spiro atoms. The van der Waals surface area contributed by atoms with Crippen LogP contribution in [0.1, 0.15) is 28.0 Å². The van der Waals surface area contributed by atoms with Crippen LogP contribution in [0.25, 0.3) is 5.69 Å². The number of fused-ring (bicyclic) bond motifs is 1. The third-order valence-electron chi connectivity index (χ3n) is 3.15. The van der Waals surface area contributed by atoms with Gasteiger partial charge in [0.2, 0.25) is 0 Å². The van der Waals surface area contributed by atoms with Gasteiger partial charge in [0.1, 0.15) is 0 Å². The summed E-state index contributed by atoms with van der Waals surface area (Å²) in [7, 11) is 0. The van der Waals surface area contributed by atoms with E-state index in [2.05, 4.69) is 5.10 Å². The van der Waals surface area contributed by atoms with Crippen molar-refractivity contribution in [3.05, 3.63) is 47.3 Å². The number of carboxylic acid groups (broad SMARTS) is 1. The number of carbonyl (C=O) groups is 1. The van der Waals surface area contributed by atoms with Gasteiger partial charge in [-0.25, -0.2) is 9.48 Å². The molecule has 3 rings (SSSR count). The monoisotopic (exact) mass is 228 g/mol. The first-order valence-electron chi connectivity index (χ1n) is 5.65. The molecule has 86 valence electrons. The molecule has 0 bridgehead atoms. The maximum Gasteiger partial charge on any atom is 0.335 e. The summed E-state index contributed by atoms with van der Waals surface area (Å²) in [6, 6.07) is 6.89. The van der Waals surface area contributed by atoms with Crippen molar-refractivity contribution in [2.75, 3.05) is 0 Å². The second kappa shape index (κ2) is 3.73. The predicted molar refractivity (Wildman–Crippen MR) is 62.5 cm³/mol. The van der Waals surface area contributed by atoms with Crippen molar-refractivity contribution in [1.82, 2.24) is 9.78 Å². The molecule has 0 unspecified atom stereocenters. The fraction of sp³-hybridized carbons (Fsp3) is 0.231. The van der Waals surface area contributed by atoms with Crippen LogP contribution in [-0.4, -0.2) is 20.9 Å². The number of aryl methyl sites for hydroxylation is 1. The van der Waals surface area contributed by atoms with Crippen molar-refractivity contribution in [2.24, 2.45) is 0 Å². The zero-order valence-corrected chi connectivity index (χ0v) is 9.26. The van der Waals surface area contributed by atoms with Gasteiger partial charge in [-0.1, -0.05) is 6.07 Å². The van der Waals surface area contributed by atoms with Gasteiger partial charge in [0, 0.05) is 5.69 Å². The minimum Gasteiger partial charge on any atom is -0.478 e. The normalized spacial score (nSPS) is 13.6. The largest absolute Gasteiger partial charge is 0.478 e. The minimum absolute atomic E-state index is 0.296. The van der Waals surface area contributed by atoms with E-state index in [1.165, 1.54) is 11.3 Å². The smallest absolute Gasteiger partial charge is 0.335 e. The topological polar surface area (TPSA) is 55.1 Å². The second-order valence-corrected chi connectivity index (χ2v) is 4.24. The zero-order valence-electron chi connectivity index (χ0n) is 9.26. The number of rotatable bonds is 2. The van der Waals surface area contributed by atoms with Crippen molar-refractivity contribution < 1.29 is 9.90 Å². The van der Waals surface area contributed by atoms with Crippen molar-refractivity contribution in [1.29, 1.82) is 0 Å². The number of carboxylic acids is 1. The van der Waals surface area contributed by atoms with Gasteiger partial charge in [-0.05, 0) is 43.0 Å². The molecular formula is C13H12N2O2. The maximum absolute atomic E-state index is 10.9. The first-order chi connectivity index (χ1) is 8.25. The van der Waals surface area contributed by atoms with E-state index in [1.807, 2.05) is 16.9 Å². The highest BCUT2D eigenvalue weighted by Gasteiger charge is 2.17. The lowest BCUT2D eigenvalue weighted by Gasteiger charge is -2.06. The number of aromatic carboxylic acids is 1. The molecule has 1 aromatic heterocycles. The highest BCUT2D eigenvalue weighted by Crippen LogP contribution is 2.24. The van der Waals surface area contributed by atoms with Gasteiger partial charge in [0.15, 0.2) is 0 Å². The highest BCUT2D eigenvalue weighted by molar-refractivity contribution is 5.88. The van der Waals surface area contributed by atoms with Gasteiger partial charge in [0.05, 0.1) is 17.4 Å². The Hall–Kier alpha value is -2.10. The summed E-state index contributed by atoms with van der Waals surface area (Å²) >= 11 is 0. The lowest BCUT2D eigenvalue weighted by molar-refractivity contribution is 0.0697. The lowest BCUT2D eigenvalue weighted by atomic mass is 10.2. The number of aromatic nitrogens is 2. The molecule has 4 heteroatoms. The van der Waals surface area contributed by atoms with E-state index < -0.39 is 5.97 Å². The number of nitrogens with zero attached hydrogens (tertiary/aromatic N) is 2. The first kappa shape index (κ1) is 10.1. The van der Waals surface area contributed by atoms with E-state index in [0.29, 0.717) is 5.56 Å². The Morgan fingerprint density at radius 3 is 3.06 bits per heavy atom. The number of hydrogen-bond donors (Lipinski definition) is 1. The van der Waals surface area contributed by atoms with Crippen LogP contribution >= 0.6 is 0 Å². The van der Waals surface area contributed by atoms with Crippen molar-refractivity contribution in [3.8, 4) is 5.69 Å². The zero-order chi connectivity index (χ0) is 11.8. The van der Waals surface area contributed by atoms with E-state index in [1.54, 1.807) is 18.2 Å². The number of benzene rings is 1. The molecule has 0 saturated carbocycles. The van der Waals surface area contributed by atoms with Crippen molar-refractivity contribution >= 4 is 5.97 Å². The molecule has 1 heterocycles. The molecule has 0 fully saturated rings. The van der Waals surface area contributed by atoms with Crippen LogP contribution in [0.3, 0.4) is 0 Å². The summed E-state index contributed by atoms with van der Waals surface area (Å²) in [6.45, 7) is 0. The Morgan fingerprint density at radius 1 is 1.35 bits per heavy atom. The van der Waals surface area contributed by atoms with E-state index in [9.17, 15) is 4.79 Å². The van der Waals surface area contributed by atoms with Crippen LogP contribution in [0.4, 0.5) is 0 Å². The summed E-state index contributed by atoms with van der Waals surface area (Å²) in [5, 5.41) is 13.3. The summed E-state index contributed by atoms with van der Waals surface area (Å²) in [5.41, 5.74) is 3.62. The molecule has 0 atom stereocenters. The molecular weight excluding hydrogens is 216 g/mol. The molecule has 4 nitrogen and oxygen atoms in total. The summed E-state index contributed by atoms with van der Waals surface area (Å²) in [5.74, 6) is -0.907. The van der Waals surface area contributed by atoms with E-state index in [-0.39, 0.29) is 0 Å². The molecule has 0 radical (unpaired) electrons. The molecule has 17 heavy (non-hydrogen) atoms. The molecule has 1 aromatic carbocycles. The van der Waals surface area contributed by atoms with E-state index >= 15 is 0 Å². The van der Waals surface area contributed by atoms with Gasteiger partial charge in [-0.3, -0.25) is 0 Å². The second-order valence-electron chi connectivity index (χ2n) is 4.24. The van der Waals surface area contributed by atoms with Crippen LogP contribution in [-0.2, 0) is 12.8 Å². The SMILES string of the molecule is O=C(O)c1cccc(-n2ncc3c2CCC3)c1. The van der Waals surface area contributed by atoms with Crippen LogP contribution in [0.5, 0.6) is 0 Å². The Bertz CT molecular complexity index is 587. The van der Waals surface area contributed by atoms with Gasteiger partial charge < -0.3 is 5.11 Å². The number of hydrogen-bond acceptors (Lipinski definition) is 2. The minimum atomic E-state index is -0.907. The third-order valence-corrected chi connectivity index (χ3v) is 3.15. The molecule has 0 saturated heterocycles. The quantitative estimate of drug-likeness (QED) is 0.856. The van der Waals surface area contributed by atoms with Crippen LogP contribution < -0.4 is 0 Å². The lowest BCUT2D eigenvalue weighted by Crippen LogP contribution is -2.03. The molecule has 1 aliphatic rings. The highest BCUT2D eigenvalue weighted by atomic mass is 16.4. The van der Waals surface area contributed by atoms with Crippen LogP contribution in [0, 0.1) is 0 Å². The standard InChI is InChI=1S/C13H12N2O2/c16-13(17)9-3-1-5-11(7-9)15-12-6-2-4-10(12)8-14-15/h1,3,5,7-8H,2,4,6H2,(H,16,17). The third kappa shape index (κ3) is 1.62. The van der Waals surface area contributed by atoms with Crippen molar-refractivity contribution in [2.45, 2.75) is 19.3 Å². The van der Waals surface area contributed by atoms with E-state index in [4.69, 9.17) is 5.11 Å². The summed E-state index contributed by atoms with van der Waals surface area (Å²) in [6.07, 6.45) is 5.14. The molecule has 1 aliphatic carbocycles. The average Bonchev–Trinajstić information content (AvgIpc) is 2.90. The molecule has 0 aliphatic heterocycles. The van der Waals surface area contributed by atoms with Crippen LogP contribution in [0.2, 0.25) is 0 Å². The average molecular weight is 228 g/mol. The summed E-state index contributed by atoms with van der Waals surface area (Å²) < 4.78 is 1.86. The Balaban J connectivity index is 2.09. The molecule has 2 aromatic rings. The first-order valence-corrected chi connectivity index (χ1v) is 5.65. The predicted octanol–water partition coefficient (Wildman–Crippen LogP) is 2.06. The van der Waals surface area contributed by atoms with Crippen molar-refractivity contribution in [3.63, 3.8) is 0 Å². The fourth-order valence-electron chi connectivity index (χ4n) is 2.32. The molecule has 1 N–H and O–H groups in total.